The number of hydrogen-bond donors (Lipinski definition) is 1. The predicted octanol–water partition coefficient (Wildman–Crippen LogP) is 2.69. The van der Waals surface area contributed by atoms with Crippen molar-refractivity contribution in [2.24, 2.45) is 0 Å². The molecule has 1 aromatic rings. The van der Waals surface area contributed by atoms with E-state index in [0.717, 1.165) is 24.2 Å². The molecule has 1 N–H and O–H groups in total. The molecule has 0 radical (unpaired) electrons. The molecule has 94 valence electrons. The summed E-state index contributed by atoms with van der Waals surface area (Å²) in [6, 6.07) is 7.61. The van der Waals surface area contributed by atoms with Crippen molar-refractivity contribution in [2.45, 2.75) is 45.0 Å². The first kappa shape index (κ1) is 12.4. The summed E-state index contributed by atoms with van der Waals surface area (Å²) in [6.07, 6.45) is 1.56. The van der Waals surface area contributed by atoms with E-state index in [4.69, 9.17) is 9.47 Å². The minimum atomic E-state index is -0.555. The lowest BCUT2D eigenvalue weighted by molar-refractivity contribution is -0.0298. The summed E-state index contributed by atoms with van der Waals surface area (Å²) in [7, 11) is 0. The predicted molar refractivity (Wildman–Crippen MR) is 66.1 cm³/mol. The van der Waals surface area contributed by atoms with E-state index in [1.54, 1.807) is 0 Å². The number of aliphatic hydroxyl groups excluding tert-OH is 1. The second kappa shape index (κ2) is 5.52. The lowest BCUT2D eigenvalue weighted by Gasteiger charge is -2.19. The van der Waals surface area contributed by atoms with E-state index in [1.165, 1.54) is 0 Å². The number of benzene rings is 1. The van der Waals surface area contributed by atoms with Gasteiger partial charge in [0.05, 0.1) is 18.8 Å². The summed E-state index contributed by atoms with van der Waals surface area (Å²) < 4.78 is 11.1. The van der Waals surface area contributed by atoms with E-state index < -0.39 is 6.10 Å². The van der Waals surface area contributed by atoms with Gasteiger partial charge in [-0.05, 0) is 44.4 Å². The van der Waals surface area contributed by atoms with Crippen molar-refractivity contribution in [1.82, 2.24) is 0 Å². The Hall–Kier alpha value is -1.06. The molecule has 2 rings (SSSR count). The molecule has 1 aromatic carbocycles. The summed E-state index contributed by atoms with van der Waals surface area (Å²) in [5, 5.41) is 10.3. The van der Waals surface area contributed by atoms with Gasteiger partial charge in [0.15, 0.2) is 0 Å². The molecule has 1 fully saturated rings. The maximum Gasteiger partial charge on any atom is 0.119 e. The van der Waals surface area contributed by atoms with Crippen LogP contribution < -0.4 is 4.74 Å². The topological polar surface area (TPSA) is 38.7 Å². The zero-order valence-electron chi connectivity index (χ0n) is 10.4. The van der Waals surface area contributed by atoms with Crippen LogP contribution in [0.25, 0.3) is 0 Å². The van der Waals surface area contributed by atoms with Gasteiger partial charge in [0.2, 0.25) is 0 Å². The second-order valence-electron chi connectivity index (χ2n) is 4.51. The zero-order chi connectivity index (χ0) is 12.3. The van der Waals surface area contributed by atoms with Crippen molar-refractivity contribution in [3.05, 3.63) is 29.8 Å². The van der Waals surface area contributed by atoms with E-state index in [2.05, 4.69) is 0 Å². The van der Waals surface area contributed by atoms with Gasteiger partial charge in [-0.1, -0.05) is 12.1 Å². The maximum atomic E-state index is 10.3. The molecule has 0 bridgehead atoms. The highest BCUT2D eigenvalue weighted by Gasteiger charge is 2.29. The van der Waals surface area contributed by atoms with Gasteiger partial charge in [-0.3, -0.25) is 0 Å². The Morgan fingerprint density at radius 3 is 2.94 bits per heavy atom. The van der Waals surface area contributed by atoms with Crippen molar-refractivity contribution >= 4 is 0 Å². The van der Waals surface area contributed by atoms with Crippen LogP contribution in [0.4, 0.5) is 0 Å². The molecule has 0 aromatic heterocycles. The van der Waals surface area contributed by atoms with Gasteiger partial charge in [0, 0.05) is 0 Å². The fourth-order valence-electron chi connectivity index (χ4n) is 2.24. The monoisotopic (exact) mass is 236 g/mol. The van der Waals surface area contributed by atoms with E-state index >= 15 is 0 Å². The van der Waals surface area contributed by atoms with Gasteiger partial charge < -0.3 is 14.6 Å². The molecule has 1 heterocycles. The van der Waals surface area contributed by atoms with Gasteiger partial charge in [0.25, 0.3) is 0 Å². The largest absolute Gasteiger partial charge is 0.494 e. The maximum absolute atomic E-state index is 10.3. The van der Waals surface area contributed by atoms with E-state index in [9.17, 15) is 5.11 Å². The molecule has 0 saturated carbocycles. The lowest BCUT2D eigenvalue weighted by atomic mass is 10.0. The second-order valence-corrected chi connectivity index (χ2v) is 4.51. The van der Waals surface area contributed by atoms with E-state index in [0.29, 0.717) is 6.61 Å². The first-order valence-electron chi connectivity index (χ1n) is 6.27. The average Bonchev–Trinajstić information content (AvgIpc) is 2.76. The van der Waals surface area contributed by atoms with Crippen LogP contribution in [0.15, 0.2) is 24.3 Å². The molecule has 3 unspecified atom stereocenters. The van der Waals surface area contributed by atoms with Gasteiger partial charge in [-0.25, -0.2) is 0 Å². The van der Waals surface area contributed by atoms with E-state index in [1.807, 2.05) is 38.1 Å². The molecule has 0 spiro atoms. The Labute approximate surface area is 102 Å². The van der Waals surface area contributed by atoms with Crippen LogP contribution in [0, 0.1) is 0 Å². The number of ether oxygens (including phenoxy) is 2. The Morgan fingerprint density at radius 2 is 2.29 bits per heavy atom. The van der Waals surface area contributed by atoms with Gasteiger partial charge in [0.1, 0.15) is 11.9 Å². The SMILES string of the molecule is CCOc1cccc(C(O)C2CCC(C)O2)c1. The van der Waals surface area contributed by atoms with Crippen LogP contribution >= 0.6 is 0 Å². The summed E-state index contributed by atoms with van der Waals surface area (Å²) in [5.41, 5.74) is 0.870. The smallest absolute Gasteiger partial charge is 0.119 e. The minimum Gasteiger partial charge on any atom is -0.494 e. The highest BCUT2D eigenvalue weighted by Crippen LogP contribution is 2.31. The van der Waals surface area contributed by atoms with Crippen molar-refractivity contribution < 1.29 is 14.6 Å². The fraction of sp³-hybridized carbons (Fsp3) is 0.571. The Morgan fingerprint density at radius 1 is 1.47 bits per heavy atom. The Kier molecular flexibility index (Phi) is 4.02. The van der Waals surface area contributed by atoms with Crippen LogP contribution in [-0.4, -0.2) is 23.9 Å². The highest BCUT2D eigenvalue weighted by molar-refractivity contribution is 5.30. The lowest BCUT2D eigenvalue weighted by Crippen LogP contribution is -2.18. The Balaban J connectivity index is 2.07. The van der Waals surface area contributed by atoms with Crippen LogP contribution in [-0.2, 0) is 4.74 Å². The van der Waals surface area contributed by atoms with Crippen LogP contribution in [0.3, 0.4) is 0 Å². The normalized spacial score (nSPS) is 25.8. The Bertz CT molecular complexity index is 364. The molecule has 17 heavy (non-hydrogen) atoms. The average molecular weight is 236 g/mol. The van der Waals surface area contributed by atoms with Crippen molar-refractivity contribution in [2.75, 3.05) is 6.61 Å². The molecule has 3 atom stereocenters. The molecular formula is C14H20O3. The first-order chi connectivity index (χ1) is 8.20. The van der Waals surface area contributed by atoms with Crippen molar-refractivity contribution in [3.63, 3.8) is 0 Å². The zero-order valence-corrected chi connectivity index (χ0v) is 10.4. The summed E-state index contributed by atoms with van der Waals surface area (Å²) in [5.74, 6) is 0.801. The fourth-order valence-corrected chi connectivity index (χ4v) is 2.24. The number of aliphatic hydroxyl groups is 1. The molecule has 3 heteroatoms. The number of hydrogen-bond acceptors (Lipinski definition) is 3. The van der Waals surface area contributed by atoms with Gasteiger partial charge in [-0.2, -0.15) is 0 Å². The van der Waals surface area contributed by atoms with Crippen molar-refractivity contribution in [1.29, 1.82) is 0 Å². The molecule has 1 saturated heterocycles. The molecule has 1 aliphatic heterocycles. The van der Waals surface area contributed by atoms with Crippen LogP contribution in [0.2, 0.25) is 0 Å². The van der Waals surface area contributed by atoms with Crippen LogP contribution in [0.5, 0.6) is 5.75 Å². The minimum absolute atomic E-state index is 0.0816. The van der Waals surface area contributed by atoms with Gasteiger partial charge >= 0.3 is 0 Å². The summed E-state index contributed by atoms with van der Waals surface area (Å²) >= 11 is 0. The summed E-state index contributed by atoms with van der Waals surface area (Å²) in [6.45, 7) is 4.63. The van der Waals surface area contributed by atoms with Gasteiger partial charge in [-0.15, -0.1) is 0 Å². The molecule has 1 aliphatic rings. The highest BCUT2D eigenvalue weighted by atomic mass is 16.5. The summed E-state index contributed by atoms with van der Waals surface area (Å²) in [4.78, 5) is 0. The third-order valence-corrected chi connectivity index (χ3v) is 3.13. The molecule has 3 nitrogen and oxygen atoms in total. The third kappa shape index (κ3) is 2.99. The standard InChI is InChI=1S/C14H20O3/c1-3-16-12-6-4-5-11(9-12)14(15)13-8-7-10(2)17-13/h4-6,9-10,13-15H,3,7-8H2,1-2H3. The third-order valence-electron chi connectivity index (χ3n) is 3.13. The van der Waals surface area contributed by atoms with Crippen LogP contribution in [0.1, 0.15) is 38.4 Å². The molecule has 0 aliphatic carbocycles. The first-order valence-corrected chi connectivity index (χ1v) is 6.27. The molecule has 0 amide bonds. The van der Waals surface area contributed by atoms with E-state index in [-0.39, 0.29) is 12.2 Å². The molecular weight excluding hydrogens is 216 g/mol. The number of rotatable bonds is 4. The quantitative estimate of drug-likeness (QED) is 0.873. The van der Waals surface area contributed by atoms with Crippen molar-refractivity contribution in [3.8, 4) is 5.75 Å².